The second-order valence-corrected chi connectivity index (χ2v) is 4.35. The van der Waals surface area contributed by atoms with E-state index in [-0.39, 0.29) is 12.3 Å². The minimum absolute atomic E-state index is 0.0869. The molecule has 0 radical (unpaired) electrons. The summed E-state index contributed by atoms with van der Waals surface area (Å²) < 4.78 is 13.4. The fourth-order valence-corrected chi connectivity index (χ4v) is 2.23. The van der Waals surface area contributed by atoms with Crippen molar-refractivity contribution in [2.75, 3.05) is 6.54 Å². The van der Waals surface area contributed by atoms with Gasteiger partial charge < -0.3 is 10.0 Å². The number of hydrogen-bond donors (Lipinski definition) is 1. The zero-order valence-electron chi connectivity index (χ0n) is 9.80. The van der Waals surface area contributed by atoms with E-state index in [1.807, 2.05) is 0 Å². The number of likely N-dealkylation sites (tertiary alicyclic amines) is 1. The maximum Gasteiger partial charge on any atom is 0.326 e. The van der Waals surface area contributed by atoms with Crippen molar-refractivity contribution in [2.45, 2.75) is 25.3 Å². The number of carbonyl (C=O) groups excluding carboxylic acids is 1. The van der Waals surface area contributed by atoms with Crippen molar-refractivity contribution in [3.05, 3.63) is 35.6 Å². The third-order valence-corrected chi connectivity index (χ3v) is 3.16. The predicted octanol–water partition coefficient (Wildman–Crippen LogP) is 1.44. The lowest BCUT2D eigenvalue weighted by Gasteiger charge is -2.21. The van der Waals surface area contributed by atoms with Crippen LogP contribution in [0.3, 0.4) is 0 Å². The molecule has 0 aliphatic carbocycles. The van der Waals surface area contributed by atoms with Gasteiger partial charge >= 0.3 is 5.97 Å². The number of carbonyl (C=O) groups is 2. The molecule has 1 amide bonds. The minimum Gasteiger partial charge on any atom is -0.480 e. The van der Waals surface area contributed by atoms with Crippen LogP contribution < -0.4 is 0 Å². The predicted molar refractivity (Wildman–Crippen MR) is 62.5 cm³/mol. The SMILES string of the molecule is O=C(O)[C@@H]1CCCN1C(=O)Cc1ccccc1F. The Balaban J connectivity index is 2.08. The van der Waals surface area contributed by atoms with Crippen molar-refractivity contribution in [2.24, 2.45) is 0 Å². The van der Waals surface area contributed by atoms with Gasteiger partial charge in [-0.15, -0.1) is 0 Å². The molecule has 4 nitrogen and oxygen atoms in total. The largest absolute Gasteiger partial charge is 0.480 e. The number of amides is 1. The molecular formula is C13H14FNO3. The van der Waals surface area contributed by atoms with Crippen molar-refractivity contribution in [1.29, 1.82) is 0 Å². The molecule has 96 valence electrons. The lowest BCUT2D eigenvalue weighted by atomic mass is 10.1. The highest BCUT2D eigenvalue weighted by Crippen LogP contribution is 2.19. The summed E-state index contributed by atoms with van der Waals surface area (Å²) in [6.07, 6.45) is 1.06. The molecule has 5 heteroatoms. The summed E-state index contributed by atoms with van der Waals surface area (Å²) >= 11 is 0. The van der Waals surface area contributed by atoms with E-state index in [0.717, 1.165) is 0 Å². The highest BCUT2D eigenvalue weighted by Gasteiger charge is 2.33. The molecule has 0 unspecified atom stereocenters. The van der Waals surface area contributed by atoms with E-state index in [1.165, 1.54) is 11.0 Å². The van der Waals surface area contributed by atoms with Gasteiger partial charge in [0.1, 0.15) is 11.9 Å². The Hall–Kier alpha value is -1.91. The molecular weight excluding hydrogens is 237 g/mol. The Kier molecular flexibility index (Phi) is 3.60. The van der Waals surface area contributed by atoms with Crippen molar-refractivity contribution >= 4 is 11.9 Å². The van der Waals surface area contributed by atoms with Crippen molar-refractivity contribution in [3.8, 4) is 0 Å². The van der Waals surface area contributed by atoms with Gasteiger partial charge in [-0.3, -0.25) is 4.79 Å². The molecule has 2 rings (SSSR count). The quantitative estimate of drug-likeness (QED) is 0.884. The Labute approximate surface area is 104 Å². The van der Waals surface area contributed by atoms with Gasteiger partial charge in [0.2, 0.25) is 5.91 Å². The smallest absolute Gasteiger partial charge is 0.326 e. The van der Waals surface area contributed by atoms with E-state index < -0.39 is 17.8 Å². The fourth-order valence-electron chi connectivity index (χ4n) is 2.23. The molecule has 0 saturated carbocycles. The number of halogens is 1. The van der Waals surface area contributed by atoms with E-state index in [4.69, 9.17) is 5.11 Å². The first-order valence-corrected chi connectivity index (χ1v) is 5.85. The normalized spacial score (nSPS) is 18.9. The highest BCUT2D eigenvalue weighted by molar-refractivity contribution is 5.85. The second kappa shape index (κ2) is 5.16. The van der Waals surface area contributed by atoms with Crippen LogP contribution in [0.2, 0.25) is 0 Å². The maximum atomic E-state index is 13.4. The number of carboxylic acid groups (broad SMARTS) is 1. The van der Waals surface area contributed by atoms with Crippen LogP contribution in [0.1, 0.15) is 18.4 Å². The number of carboxylic acids is 1. The Morgan fingerprint density at radius 2 is 2.11 bits per heavy atom. The fraction of sp³-hybridized carbons (Fsp3) is 0.385. The summed E-state index contributed by atoms with van der Waals surface area (Å²) in [7, 11) is 0. The Bertz CT molecular complexity index is 475. The van der Waals surface area contributed by atoms with Gasteiger partial charge in [-0.1, -0.05) is 18.2 Å². The van der Waals surface area contributed by atoms with Gasteiger partial charge in [0.05, 0.1) is 6.42 Å². The maximum absolute atomic E-state index is 13.4. The second-order valence-electron chi connectivity index (χ2n) is 4.35. The average molecular weight is 251 g/mol. The molecule has 1 heterocycles. The van der Waals surface area contributed by atoms with Gasteiger partial charge in [-0.25, -0.2) is 9.18 Å². The number of rotatable bonds is 3. The number of aliphatic carboxylic acids is 1. The lowest BCUT2D eigenvalue weighted by Crippen LogP contribution is -2.41. The summed E-state index contributed by atoms with van der Waals surface area (Å²) in [4.78, 5) is 24.3. The first-order chi connectivity index (χ1) is 8.59. The first-order valence-electron chi connectivity index (χ1n) is 5.85. The molecule has 1 fully saturated rings. The molecule has 1 aliphatic heterocycles. The minimum atomic E-state index is -0.991. The third-order valence-electron chi connectivity index (χ3n) is 3.16. The van der Waals surface area contributed by atoms with Crippen LogP contribution >= 0.6 is 0 Å². The van der Waals surface area contributed by atoms with E-state index in [9.17, 15) is 14.0 Å². The summed E-state index contributed by atoms with van der Waals surface area (Å²) in [5, 5.41) is 8.99. The van der Waals surface area contributed by atoms with Crippen molar-refractivity contribution in [1.82, 2.24) is 4.90 Å². The van der Waals surface area contributed by atoms with Crippen molar-refractivity contribution in [3.63, 3.8) is 0 Å². The first kappa shape index (κ1) is 12.5. The number of hydrogen-bond acceptors (Lipinski definition) is 2. The lowest BCUT2D eigenvalue weighted by molar-refractivity contribution is -0.148. The molecule has 1 N–H and O–H groups in total. The summed E-state index contributed by atoms with van der Waals surface area (Å²) in [6.45, 7) is 0.435. The van der Waals surface area contributed by atoms with E-state index in [0.29, 0.717) is 24.9 Å². The van der Waals surface area contributed by atoms with Crippen LogP contribution in [0.5, 0.6) is 0 Å². The van der Waals surface area contributed by atoms with Gasteiger partial charge in [0, 0.05) is 6.54 Å². The zero-order valence-corrected chi connectivity index (χ0v) is 9.80. The van der Waals surface area contributed by atoms with Crippen LogP contribution in [0.25, 0.3) is 0 Å². The Morgan fingerprint density at radius 3 is 2.78 bits per heavy atom. The van der Waals surface area contributed by atoms with Gasteiger partial charge in [0.15, 0.2) is 0 Å². The topological polar surface area (TPSA) is 57.6 Å². The van der Waals surface area contributed by atoms with Crippen molar-refractivity contribution < 1.29 is 19.1 Å². The van der Waals surface area contributed by atoms with E-state index in [1.54, 1.807) is 18.2 Å². The molecule has 1 atom stereocenters. The van der Waals surface area contributed by atoms with Gasteiger partial charge in [0.25, 0.3) is 0 Å². The molecule has 18 heavy (non-hydrogen) atoms. The average Bonchev–Trinajstić information content (AvgIpc) is 2.81. The highest BCUT2D eigenvalue weighted by atomic mass is 19.1. The van der Waals surface area contributed by atoms with Crippen LogP contribution in [0.15, 0.2) is 24.3 Å². The van der Waals surface area contributed by atoms with E-state index in [2.05, 4.69) is 0 Å². The molecule has 0 spiro atoms. The molecule has 1 aromatic rings. The third kappa shape index (κ3) is 2.50. The Morgan fingerprint density at radius 1 is 1.39 bits per heavy atom. The van der Waals surface area contributed by atoms with E-state index >= 15 is 0 Å². The summed E-state index contributed by atoms with van der Waals surface area (Å²) in [6, 6.07) is 5.29. The van der Waals surface area contributed by atoms with Gasteiger partial charge in [-0.2, -0.15) is 0 Å². The number of benzene rings is 1. The van der Waals surface area contributed by atoms with Gasteiger partial charge in [-0.05, 0) is 24.5 Å². The molecule has 0 bridgehead atoms. The molecule has 1 aromatic carbocycles. The van der Waals surface area contributed by atoms with Crippen LogP contribution in [0, 0.1) is 5.82 Å². The summed E-state index contributed by atoms with van der Waals surface area (Å²) in [5.74, 6) is -1.75. The number of nitrogens with zero attached hydrogens (tertiary/aromatic N) is 1. The standard InChI is InChI=1S/C13H14FNO3/c14-10-5-2-1-4-9(10)8-12(16)15-7-3-6-11(15)13(17)18/h1-2,4-5,11H,3,6-8H2,(H,17,18)/t11-/m0/s1. The summed E-state index contributed by atoms with van der Waals surface area (Å²) in [5.41, 5.74) is 0.304. The molecule has 0 aromatic heterocycles. The molecule has 1 saturated heterocycles. The van der Waals surface area contributed by atoms with Crippen LogP contribution in [0.4, 0.5) is 4.39 Å². The zero-order chi connectivity index (χ0) is 13.1. The van der Waals surface area contributed by atoms with Crippen LogP contribution in [-0.4, -0.2) is 34.5 Å². The van der Waals surface area contributed by atoms with Crippen LogP contribution in [-0.2, 0) is 16.0 Å². The molecule has 1 aliphatic rings. The monoisotopic (exact) mass is 251 g/mol.